The van der Waals surface area contributed by atoms with E-state index in [0.717, 1.165) is 32.6 Å². The molecular formula is C14H21N3O2. The molecule has 0 amide bonds. The molecule has 1 fully saturated rings. The second-order valence-electron chi connectivity index (χ2n) is 5.16. The van der Waals surface area contributed by atoms with Crippen molar-refractivity contribution in [2.45, 2.75) is 25.4 Å². The Hall–Kier alpha value is -1.46. The number of carboxylic acids is 1. The first kappa shape index (κ1) is 14.0. The lowest BCUT2D eigenvalue weighted by molar-refractivity contribution is -0.137. The van der Waals surface area contributed by atoms with Crippen LogP contribution in [0.1, 0.15) is 18.4 Å². The van der Waals surface area contributed by atoms with E-state index in [0.29, 0.717) is 6.04 Å². The standard InChI is InChI=1S/C14H21N3O2/c1-16-7-8-17(10-12-3-2-6-15-9-12)11-13(16)4-5-14(18)19/h2-3,6,9,13H,4-5,7-8,10-11H2,1H3,(H,18,19). The van der Waals surface area contributed by atoms with Crippen molar-refractivity contribution >= 4 is 5.97 Å². The van der Waals surface area contributed by atoms with Gasteiger partial charge in [-0.05, 0) is 25.1 Å². The van der Waals surface area contributed by atoms with E-state index >= 15 is 0 Å². The van der Waals surface area contributed by atoms with Gasteiger partial charge in [0.2, 0.25) is 0 Å². The van der Waals surface area contributed by atoms with E-state index in [9.17, 15) is 4.79 Å². The molecule has 0 bridgehead atoms. The molecule has 5 heteroatoms. The second kappa shape index (κ2) is 6.63. The maximum atomic E-state index is 10.7. The minimum atomic E-state index is -0.710. The van der Waals surface area contributed by atoms with Crippen LogP contribution in [0.15, 0.2) is 24.5 Å². The van der Waals surface area contributed by atoms with Crippen molar-refractivity contribution < 1.29 is 9.90 Å². The number of hydrogen-bond donors (Lipinski definition) is 1. The van der Waals surface area contributed by atoms with Crippen LogP contribution >= 0.6 is 0 Å². The fourth-order valence-corrected chi connectivity index (χ4v) is 2.51. The van der Waals surface area contributed by atoms with Gasteiger partial charge in [-0.2, -0.15) is 0 Å². The van der Waals surface area contributed by atoms with Gasteiger partial charge in [0.1, 0.15) is 0 Å². The van der Waals surface area contributed by atoms with Gasteiger partial charge >= 0.3 is 5.97 Å². The van der Waals surface area contributed by atoms with E-state index < -0.39 is 5.97 Å². The van der Waals surface area contributed by atoms with Crippen molar-refractivity contribution in [1.29, 1.82) is 0 Å². The smallest absolute Gasteiger partial charge is 0.303 e. The van der Waals surface area contributed by atoms with Crippen LogP contribution in [-0.2, 0) is 11.3 Å². The molecule has 1 atom stereocenters. The zero-order chi connectivity index (χ0) is 13.7. The molecule has 1 saturated heterocycles. The Labute approximate surface area is 113 Å². The van der Waals surface area contributed by atoms with Gasteiger partial charge in [-0.25, -0.2) is 0 Å². The number of pyridine rings is 1. The Kier molecular flexibility index (Phi) is 4.87. The quantitative estimate of drug-likeness (QED) is 0.861. The molecule has 1 aliphatic rings. The lowest BCUT2D eigenvalue weighted by Crippen LogP contribution is -2.51. The first-order valence-electron chi connectivity index (χ1n) is 6.68. The Morgan fingerprint density at radius 1 is 1.53 bits per heavy atom. The zero-order valence-electron chi connectivity index (χ0n) is 11.3. The summed E-state index contributed by atoms with van der Waals surface area (Å²) in [5.74, 6) is -0.710. The fraction of sp³-hybridized carbons (Fsp3) is 0.571. The van der Waals surface area contributed by atoms with Crippen LogP contribution in [0.25, 0.3) is 0 Å². The third-order valence-corrected chi connectivity index (χ3v) is 3.68. The van der Waals surface area contributed by atoms with Gasteiger partial charge in [-0.1, -0.05) is 6.07 Å². The lowest BCUT2D eigenvalue weighted by atomic mass is 10.1. The second-order valence-corrected chi connectivity index (χ2v) is 5.16. The van der Waals surface area contributed by atoms with Gasteiger partial charge < -0.3 is 10.0 Å². The van der Waals surface area contributed by atoms with Gasteiger partial charge in [0.25, 0.3) is 0 Å². The molecule has 0 aromatic carbocycles. The molecule has 0 spiro atoms. The van der Waals surface area contributed by atoms with E-state index in [1.54, 1.807) is 6.20 Å². The summed E-state index contributed by atoms with van der Waals surface area (Å²) in [5.41, 5.74) is 1.21. The Balaban J connectivity index is 1.88. The van der Waals surface area contributed by atoms with Crippen molar-refractivity contribution in [3.05, 3.63) is 30.1 Å². The summed E-state index contributed by atoms with van der Waals surface area (Å²) >= 11 is 0. The van der Waals surface area contributed by atoms with Crippen LogP contribution in [0, 0.1) is 0 Å². The van der Waals surface area contributed by atoms with Gasteiger partial charge in [0, 0.05) is 51.0 Å². The SMILES string of the molecule is CN1CCN(Cc2cccnc2)CC1CCC(=O)O. The van der Waals surface area contributed by atoms with Crippen molar-refractivity contribution in [1.82, 2.24) is 14.8 Å². The Morgan fingerprint density at radius 3 is 3.05 bits per heavy atom. The predicted octanol–water partition coefficient (Wildman–Crippen LogP) is 1.06. The van der Waals surface area contributed by atoms with Gasteiger partial charge in [0.15, 0.2) is 0 Å². The molecule has 1 N–H and O–H groups in total. The van der Waals surface area contributed by atoms with Crippen LogP contribution < -0.4 is 0 Å². The minimum absolute atomic E-state index is 0.246. The molecule has 1 aliphatic heterocycles. The largest absolute Gasteiger partial charge is 0.481 e. The van der Waals surface area contributed by atoms with Crippen molar-refractivity contribution in [3.63, 3.8) is 0 Å². The summed E-state index contributed by atoms with van der Waals surface area (Å²) in [4.78, 5) is 19.5. The van der Waals surface area contributed by atoms with Gasteiger partial charge in [0.05, 0.1) is 0 Å². The number of piperazine rings is 1. The molecule has 5 nitrogen and oxygen atoms in total. The van der Waals surface area contributed by atoms with Gasteiger partial charge in [-0.15, -0.1) is 0 Å². The molecule has 19 heavy (non-hydrogen) atoms. The highest BCUT2D eigenvalue weighted by Crippen LogP contribution is 2.15. The molecule has 104 valence electrons. The Bertz CT molecular complexity index is 410. The number of rotatable bonds is 5. The number of likely N-dealkylation sites (N-methyl/N-ethyl adjacent to an activating group) is 1. The summed E-state index contributed by atoms with van der Waals surface area (Å²) in [6.07, 6.45) is 4.64. The molecule has 2 rings (SSSR count). The minimum Gasteiger partial charge on any atom is -0.481 e. The topological polar surface area (TPSA) is 56.7 Å². The van der Waals surface area contributed by atoms with E-state index in [4.69, 9.17) is 5.11 Å². The first-order chi connectivity index (χ1) is 9.15. The number of carbonyl (C=O) groups is 1. The molecule has 2 heterocycles. The molecular weight excluding hydrogens is 242 g/mol. The highest BCUT2D eigenvalue weighted by Gasteiger charge is 2.24. The summed E-state index contributed by atoms with van der Waals surface area (Å²) in [6.45, 7) is 3.84. The maximum absolute atomic E-state index is 10.7. The average molecular weight is 263 g/mol. The summed E-state index contributed by atoms with van der Waals surface area (Å²) < 4.78 is 0. The predicted molar refractivity (Wildman–Crippen MR) is 72.8 cm³/mol. The number of aliphatic carboxylic acids is 1. The molecule has 1 unspecified atom stereocenters. The van der Waals surface area contributed by atoms with Crippen LogP contribution in [0.3, 0.4) is 0 Å². The summed E-state index contributed by atoms with van der Waals surface area (Å²) in [6, 6.07) is 4.37. The summed E-state index contributed by atoms with van der Waals surface area (Å²) in [7, 11) is 2.08. The highest BCUT2D eigenvalue weighted by atomic mass is 16.4. The molecule has 0 radical (unpaired) electrons. The first-order valence-corrected chi connectivity index (χ1v) is 6.68. The zero-order valence-corrected chi connectivity index (χ0v) is 11.3. The third-order valence-electron chi connectivity index (χ3n) is 3.68. The Morgan fingerprint density at radius 2 is 2.37 bits per heavy atom. The van der Waals surface area contributed by atoms with Crippen LogP contribution in [0.4, 0.5) is 0 Å². The molecule has 1 aromatic heterocycles. The monoisotopic (exact) mass is 263 g/mol. The maximum Gasteiger partial charge on any atom is 0.303 e. The van der Waals surface area contributed by atoms with E-state index in [1.807, 2.05) is 12.3 Å². The summed E-state index contributed by atoms with van der Waals surface area (Å²) in [5, 5.41) is 8.79. The normalized spacial score (nSPS) is 21.4. The number of aromatic nitrogens is 1. The van der Waals surface area contributed by atoms with Crippen LogP contribution in [0.2, 0.25) is 0 Å². The average Bonchev–Trinajstić information content (AvgIpc) is 2.40. The van der Waals surface area contributed by atoms with Crippen molar-refractivity contribution in [2.24, 2.45) is 0 Å². The van der Waals surface area contributed by atoms with Crippen molar-refractivity contribution in [2.75, 3.05) is 26.7 Å². The van der Waals surface area contributed by atoms with Gasteiger partial charge in [-0.3, -0.25) is 14.7 Å². The van der Waals surface area contributed by atoms with Crippen LogP contribution in [0.5, 0.6) is 0 Å². The molecule has 0 saturated carbocycles. The molecule has 1 aromatic rings. The number of nitrogens with zero attached hydrogens (tertiary/aromatic N) is 3. The molecule has 0 aliphatic carbocycles. The fourth-order valence-electron chi connectivity index (χ4n) is 2.51. The number of carboxylic acid groups (broad SMARTS) is 1. The van der Waals surface area contributed by atoms with E-state index in [1.165, 1.54) is 5.56 Å². The van der Waals surface area contributed by atoms with E-state index in [-0.39, 0.29) is 6.42 Å². The van der Waals surface area contributed by atoms with Crippen LogP contribution in [-0.4, -0.2) is 58.6 Å². The van der Waals surface area contributed by atoms with E-state index in [2.05, 4.69) is 27.9 Å². The lowest BCUT2D eigenvalue weighted by Gasteiger charge is -2.39. The third kappa shape index (κ3) is 4.29. The highest BCUT2D eigenvalue weighted by molar-refractivity contribution is 5.66. The van der Waals surface area contributed by atoms with Crippen molar-refractivity contribution in [3.8, 4) is 0 Å². The number of hydrogen-bond acceptors (Lipinski definition) is 4.